The first-order valence-electron chi connectivity index (χ1n) is 7.80. The van der Waals surface area contributed by atoms with Gasteiger partial charge in [0.25, 0.3) is 0 Å². The Morgan fingerprint density at radius 3 is 2.85 bits per heavy atom. The van der Waals surface area contributed by atoms with E-state index < -0.39 is 0 Å². The Morgan fingerprint density at radius 1 is 1.25 bits per heavy atom. The van der Waals surface area contributed by atoms with Gasteiger partial charge in [-0.3, -0.25) is 4.79 Å². The summed E-state index contributed by atoms with van der Waals surface area (Å²) in [4.78, 5) is 14.8. The molecule has 3 rings (SSSR count). The lowest BCUT2D eigenvalue weighted by molar-refractivity contribution is -0.137. The molecule has 0 saturated carbocycles. The van der Waals surface area contributed by atoms with Crippen molar-refractivity contribution in [3.05, 3.63) is 35.4 Å². The minimum Gasteiger partial charge on any atom is -0.341 e. The Kier molecular flexibility index (Phi) is 4.06. The Morgan fingerprint density at radius 2 is 2.05 bits per heavy atom. The van der Waals surface area contributed by atoms with E-state index in [9.17, 15) is 4.79 Å². The maximum Gasteiger partial charge on any atom is 0.226 e. The molecule has 1 amide bonds. The van der Waals surface area contributed by atoms with Crippen LogP contribution in [0.15, 0.2) is 24.3 Å². The van der Waals surface area contributed by atoms with Gasteiger partial charge < -0.3 is 10.2 Å². The van der Waals surface area contributed by atoms with Crippen molar-refractivity contribution < 1.29 is 4.79 Å². The molecule has 2 aliphatic rings. The predicted molar refractivity (Wildman–Crippen MR) is 80.6 cm³/mol. The molecule has 1 aliphatic heterocycles. The minimum atomic E-state index is 0.195. The second-order valence-corrected chi connectivity index (χ2v) is 6.12. The van der Waals surface area contributed by atoms with Crippen LogP contribution in [-0.4, -0.2) is 37.0 Å². The molecule has 0 bridgehead atoms. The van der Waals surface area contributed by atoms with Gasteiger partial charge in [0.1, 0.15) is 0 Å². The number of piperidine rings is 1. The lowest BCUT2D eigenvalue weighted by Gasteiger charge is -2.36. The van der Waals surface area contributed by atoms with E-state index in [0.717, 1.165) is 38.8 Å². The van der Waals surface area contributed by atoms with Crippen LogP contribution in [0.1, 0.15) is 30.4 Å². The van der Waals surface area contributed by atoms with Crippen molar-refractivity contribution in [3.8, 4) is 0 Å². The average Bonchev–Trinajstić information content (AvgIpc) is 2.53. The normalized spacial score (nSPS) is 26.1. The maximum absolute atomic E-state index is 12.7. The fourth-order valence-electron chi connectivity index (χ4n) is 3.58. The fourth-order valence-corrected chi connectivity index (χ4v) is 3.58. The van der Waals surface area contributed by atoms with Crippen LogP contribution >= 0.6 is 0 Å². The van der Waals surface area contributed by atoms with Crippen molar-refractivity contribution in [1.82, 2.24) is 10.2 Å². The number of rotatable bonds is 2. The second kappa shape index (κ2) is 5.96. The molecular weight excluding hydrogens is 248 g/mol. The van der Waals surface area contributed by atoms with Crippen molar-refractivity contribution in [2.45, 2.75) is 38.1 Å². The van der Waals surface area contributed by atoms with E-state index in [-0.39, 0.29) is 5.92 Å². The third-order valence-corrected chi connectivity index (χ3v) is 4.84. The molecule has 2 unspecified atom stereocenters. The molecule has 3 nitrogen and oxygen atoms in total. The number of fused-ring (bicyclic) bond motifs is 1. The molecule has 1 aromatic rings. The van der Waals surface area contributed by atoms with Gasteiger partial charge in [-0.15, -0.1) is 0 Å². The average molecular weight is 272 g/mol. The maximum atomic E-state index is 12.7. The molecule has 0 radical (unpaired) electrons. The summed E-state index contributed by atoms with van der Waals surface area (Å²) < 4.78 is 0. The number of nitrogens with zero attached hydrogens (tertiary/aromatic N) is 1. The van der Waals surface area contributed by atoms with E-state index in [0.29, 0.717) is 11.9 Å². The summed E-state index contributed by atoms with van der Waals surface area (Å²) in [6.07, 6.45) is 5.30. The first kappa shape index (κ1) is 13.6. The Hall–Kier alpha value is -1.35. The number of hydrogen-bond donors (Lipinski definition) is 1. The van der Waals surface area contributed by atoms with E-state index in [4.69, 9.17) is 0 Å². The molecule has 1 N–H and O–H groups in total. The monoisotopic (exact) mass is 272 g/mol. The smallest absolute Gasteiger partial charge is 0.226 e. The summed E-state index contributed by atoms with van der Waals surface area (Å²) in [5.41, 5.74) is 2.81. The highest BCUT2D eigenvalue weighted by Gasteiger charge is 2.30. The van der Waals surface area contributed by atoms with Gasteiger partial charge in [0.2, 0.25) is 5.91 Å². The summed E-state index contributed by atoms with van der Waals surface area (Å²) in [6.45, 7) is 1.82. The SMILES string of the molecule is CNC1CCCN(C(=O)C2CCc3ccccc3C2)C1. The standard InChI is InChI=1S/C17H24N2O/c1-18-16-7-4-10-19(12-16)17(20)15-9-8-13-5-2-3-6-14(13)11-15/h2-3,5-6,15-16,18H,4,7-12H2,1H3. The zero-order chi connectivity index (χ0) is 13.9. The van der Waals surface area contributed by atoms with Crippen LogP contribution in [0.3, 0.4) is 0 Å². The van der Waals surface area contributed by atoms with Gasteiger partial charge >= 0.3 is 0 Å². The molecule has 1 aliphatic carbocycles. The summed E-state index contributed by atoms with van der Waals surface area (Å²) >= 11 is 0. The van der Waals surface area contributed by atoms with E-state index >= 15 is 0 Å². The zero-order valence-corrected chi connectivity index (χ0v) is 12.3. The molecule has 1 fully saturated rings. The van der Waals surface area contributed by atoms with Crippen LogP contribution in [0.5, 0.6) is 0 Å². The predicted octanol–water partition coefficient (Wildman–Crippen LogP) is 2.00. The lowest BCUT2D eigenvalue weighted by Crippen LogP contribution is -2.49. The summed E-state index contributed by atoms with van der Waals surface area (Å²) in [5.74, 6) is 0.569. The number of hydrogen-bond acceptors (Lipinski definition) is 2. The zero-order valence-electron chi connectivity index (χ0n) is 12.3. The van der Waals surface area contributed by atoms with Crippen LogP contribution in [-0.2, 0) is 17.6 Å². The first-order valence-corrected chi connectivity index (χ1v) is 7.80. The largest absolute Gasteiger partial charge is 0.341 e. The highest BCUT2D eigenvalue weighted by Crippen LogP contribution is 2.27. The molecule has 1 saturated heterocycles. The third-order valence-electron chi connectivity index (χ3n) is 4.84. The number of carbonyl (C=O) groups excluding carboxylic acids is 1. The number of benzene rings is 1. The molecule has 1 aromatic carbocycles. The number of likely N-dealkylation sites (N-methyl/N-ethyl adjacent to an activating group) is 1. The van der Waals surface area contributed by atoms with Crippen LogP contribution < -0.4 is 5.32 Å². The van der Waals surface area contributed by atoms with Gasteiger partial charge in [0, 0.05) is 25.0 Å². The number of amides is 1. The minimum absolute atomic E-state index is 0.195. The van der Waals surface area contributed by atoms with Crippen LogP contribution in [0, 0.1) is 5.92 Å². The van der Waals surface area contributed by atoms with E-state index in [1.54, 1.807) is 0 Å². The van der Waals surface area contributed by atoms with Gasteiger partial charge in [0.05, 0.1) is 0 Å². The molecule has 0 aromatic heterocycles. The van der Waals surface area contributed by atoms with E-state index in [1.165, 1.54) is 17.5 Å². The van der Waals surface area contributed by atoms with Crippen LogP contribution in [0.4, 0.5) is 0 Å². The molecule has 1 heterocycles. The number of nitrogens with one attached hydrogen (secondary N) is 1. The van der Waals surface area contributed by atoms with Gasteiger partial charge in [0.15, 0.2) is 0 Å². The van der Waals surface area contributed by atoms with Gasteiger partial charge in [-0.1, -0.05) is 24.3 Å². The van der Waals surface area contributed by atoms with Crippen LogP contribution in [0.25, 0.3) is 0 Å². The lowest BCUT2D eigenvalue weighted by atomic mass is 9.83. The van der Waals surface area contributed by atoms with Crippen molar-refractivity contribution >= 4 is 5.91 Å². The van der Waals surface area contributed by atoms with Gasteiger partial charge in [-0.25, -0.2) is 0 Å². The number of likely N-dealkylation sites (tertiary alicyclic amines) is 1. The Balaban J connectivity index is 1.67. The molecule has 20 heavy (non-hydrogen) atoms. The highest BCUT2D eigenvalue weighted by molar-refractivity contribution is 5.79. The Bertz CT molecular complexity index is 486. The van der Waals surface area contributed by atoms with E-state index in [1.807, 2.05) is 7.05 Å². The van der Waals surface area contributed by atoms with E-state index in [2.05, 4.69) is 34.5 Å². The van der Waals surface area contributed by atoms with Crippen molar-refractivity contribution in [2.75, 3.05) is 20.1 Å². The Labute approximate surface area is 121 Å². The second-order valence-electron chi connectivity index (χ2n) is 6.12. The van der Waals surface area contributed by atoms with Crippen molar-refractivity contribution in [3.63, 3.8) is 0 Å². The first-order chi connectivity index (χ1) is 9.78. The van der Waals surface area contributed by atoms with Crippen molar-refractivity contribution in [1.29, 1.82) is 0 Å². The summed E-state index contributed by atoms with van der Waals surface area (Å²) in [6, 6.07) is 9.05. The molecular formula is C17H24N2O. The fraction of sp³-hybridized carbons (Fsp3) is 0.588. The van der Waals surface area contributed by atoms with Gasteiger partial charge in [-0.2, -0.15) is 0 Å². The summed E-state index contributed by atoms with van der Waals surface area (Å²) in [5, 5.41) is 3.31. The summed E-state index contributed by atoms with van der Waals surface area (Å²) in [7, 11) is 2.00. The van der Waals surface area contributed by atoms with Crippen LogP contribution in [0.2, 0.25) is 0 Å². The molecule has 2 atom stereocenters. The number of aryl methyl sites for hydroxylation is 1. The quantitative estimate of drug-likeness (QED) is 0.893. The highest BCUT2D eigenvalue weighted by atomic mass is 16.2. The number of carbonyl (C=O) groups is 1. The third kappa shape index (κ3) is 2.73. The van der Waals surface area contributed by atoms with Gasteiger partial charge in [-0.05, 0) is 50.3 Å². The van der Waals surface area contributed by atoms with Crippen molar-refractivity contribution in [2.24, 2.45) is 5.92 Å². The topological polar surface area (TPSA) is 32.3 Å². The molecule has 0 spiro atoms. The molecule has 108 valence electrons. The molecule has 3 heteroatoms.